The second kappa shape index (κ2) is 7.27. The Bertz CT molecular complexity index is 493. The van der Waals surface area contributed by atoms with E-state index in [1.165, 1.54) is 6.92 Å². The molecule has 0 aliphatic heterocycles. The molecule has 5 atom stereocenters. The molecular weight excluding hydrogens is 395 g/mol. The molecular formula is C16H23F9O2. The minimum Gasteiger partial charge on any atom is -0.380 e. The number of rotatable bonds is 4. The van der Waals surface area contributed by atoms with Gasteiger partial charge in [-0.25, -0.2) is 0 Å². The van der Waals surface area contributed by atoms with Crippen LogP contribution in [0, 0.1) is 23.7 Å². The molecule has 0 aromatic heterocycles. The summed E-state index contributed by atoms with van der Waals surface area (Å²) in [6.45, 7) is 3.45. The number of hydrogen-bond donors (Lipinski definition) is 2. The van der Waals surface area contributed by atoms with Crippen LogP contribution in [0.3, 0.4) is 0 Å². The summed E-state index contributed by atoms with van der Waals surface area (Å²) in [5, 5.41) is 19.5. The third-order valence-electron chi connectivity index (χ3n) is 6.02. The molecule has 0 spiro atoms. The fraction of sp³-hybridized carbons (Fsp3) is 1.00. The van der Waals surface area contributed by atoms with Gasteiger partial charge >= 0.3 is 18.5 Å². The van der Waals surface area contributed by atoms with Gasteiger partial charge in [-0.1, -0.05) is 20.3 Å². The van der Waals surface area contributed by atoms with Gasteiger partial charge in [0.1, 0.15) is 0 Å². The lowest BCUT2D eigenvalue weighted by Gasteiger charge is -2.49. The molecule has 1 saturated carbocycles. The maximum atomic E-state index is 13.2. The molecule has 11 heteroatoms. The van der Waals surface area contributed by atoms with Crippen molar-refractivity contribution < 1.29 is 49.7 Å². The Balaban J connectivity index is 3.45. The number of hydrogen-bond acceptors (Lipinski definition) is 2. The predicted molar refractivity (Wildman–Crippen MR) is 77.5 cm³/mol. The maximum absolute atomic E-state index is 13.2. The van der Waals surface area contributed by atoms with Crippen LogP contribution in [0.15, 0.2) is 0 Å². The highest BCUT2D eigenvalue weighted by Crippen LogP contribution is 2.56. The largest absolute Gasteiger partial charge is 0.426 e. The summed E-state index contributed by atoms with van der Waals surface area (Å²) in [6, 6.07) is 0. The van der Waals surface area contributed by atoms with Crippen LogP contribution in [0.25, 0.3) is 0 Å². The standard InChI is InChI=1S/C16H23F9O2/c1-4-8(2)9-5-10(12(3,26)14(17,18)19)7-11(6-9)13(27,15(20,21)22)16(23,24)25/h8-11,26-27H,4-7H2,1-3H3. The number of aliphatic hydroxyl groups is 2. The van der Waals surface area contributed by atoms with Gasteiger partial charge in [0.2, 0.25) is 0 Å². The predicted octanol–water partition coefficient (Wildman–Crippen LogP) is 5.23. The summed E-state index contributed by atoms with van der Waals surface area (Å²) in [6.07, 6.45) is -19.6. The molecule has 0 amide bonds. The van der Waals surface area contributed by atoms with Crippen molar-refractivity contribution in [3.05, 3.63) is 0 Å². The zero-order valence-corrected chi connectivity index (χ0v) is 14.9. The van der Waals surface area contributed by atoms with Crippen molar-refractivity contribution in [2.75, 3.05) is 0 Å². The summed E-state index contributed by atoms with van der Waals surface area (Å²) in [7, 11) is 0. The second-order valence-corrected chi connectivity index (χ2v) is 7.65. The van der Waals surface area contributed by atoms with Crippen LogP contribution in [0.4, 0.5) is 39.5 Å². The zero-order valence-electron chi connectivity index (χ0n) is 14.9. The van der Waals surface area contributed by atoms with Gasteiger partial charge in [0, 0.05) is 5.92 Å². The molecule has 5 unspecified atom stereocenters. The van der Waals surface area contributed by atoms with Gasteiger partial charge in [0.05, 0.1) is 0 Å². The van der Waals surface area contributed by atoms with Crippen LogP contribution >= 0.6 is 0 Å². The van der Waals surface area contributed by atoms with Crippen molar-refractivity contribution in [2.24, 2.45) is 23.7 Å². The van der Waals surface area contributed by atoms with Crippen molar-refractivity contribution in [1.82, 2.24) is 0 Å². The van der Waals surface area contributed by atoms with Gasteiger partial charge in [-0.3, -0.25) is 0 Å². The van der Waals surface area contributed by atoms with Gasteiger partial charge in [0.25, 0.3) is 5.60 Å². The molecule has 0 aromatic carbocycles. The first-order valence-corrected chi connectivity index (χ1v) is 8.45. The third kappa shape index (κ3) is 4.33. The van der Waals surface area contributed by atoms with E-state index in [2.05, 4.69) is 0 Å². The molecule has 0 saturated heterocycles. The van der Waals surface area contributed by atoms with E-state index in [-0.39, 0.29) is 6.42 Å². The van der Waals surface area contributed by atoms with Gasteiger partial charge in [-0.15, -0.1) is 0 Å². The van der Waals surface area contributed by atoms with E-state index in [0.29, 0.717) is 13.3 Å². The Kier molecular flexibility index (Phi) is 6.55. The zero-order chi connectivity index (χ0) is 21.6. The highest BCUT2D eigenvalue weighted by atomic mass is 19.4. The van der Waals surface area contributed by atoms with E-state index >= 15 is 0 Å². The minimum atomic E-state index is -6.12. The van der Waals surface area contributed by atoms with Gasteiger partial charge in [-0.05, 0) is 43.9 Å². The van der Waals surface area contributed by atoms with E-state index in [9.17, 15) is 49.7 Å². The lowest BCUT2D eigenvalue weighted by Crippen LogP contribution is -2.64. The molecule has 0 aromatic rings. The average Bonchev–Trinajstić information content (AvgIpc) is 2.49. The van der Waals surface area contributed by atoms with Crippen molar-refractivity contribution in [3.63, 3.8) is 0 Å². The Morgan fingerprint density at radius 3 is 1.52 bits per heavy atom. The molecule has 162 valence electrons. The maximum Gasteiger partial charge on any atom is 0.426 e. The van der Waals surface area contributed by atoms with Crippen molar-refractivity contribution >= 4 is 0 Å². The van der Waals surface area contributed by atoms with Crippen molar-refractivity contribution in [3.8, 4) is 0 Å². The molecule has 2 nitrogen and oxygen atoms in total. The van der Waals surface area contributed by atoms with Crippen LogP contribution < -0.4 is 0 Å². The molecule has 1 aliphatic rings. The van der Waals surface area contributed by atoms with E-state index in [4.69, 9.17) is 0 Å². The highest BCUT2D eigenvalue weighted by molar-refractivity contribution is 5.05. The molecule has 27 heavy (non-hydrogen) atoms. The fourth-order valence-corrected chi connectivity index (χ4v) is 3.82. The average molecular weight is 418 g/mol. The van der Waals surface area contributed by atoms with Crippen LogP contribution in [0.1, 0.15) is 46.5 Å². The second-order valence-electron chi connectivity index (χ2n) is 7.65. The first-order chi connectivity index (χ1) is 11.8. The number of alkyl halides is 9. The van der Waals surface area contributed by atoms with Gasteiger partial charge in [-0.2, -0.15) is 39.5 Å². The Morgan fingerprint density at radius 1 is 0.778 bits per heavy atom. The first-order valence-electron chi connectivity index (χ1n) is 8.45. The van der Waals surface area contributed by atoms with E-state index in [1.54, 1.807) is 6.92 Å². The van der Waals surface area contributed by atoms with Crippen LogP contribution in [-0.2, 0) is 0 Å². The molecule has 1 fully saturated rings. The van der Waals surface area contributed by atoms with Crippen LogP contribution in [0.5, 0.6) is 0 Å². The molecule has 0 heterocycles. The summed E-state index contributed by atoms with van der Waals surface area (Å²) < 4.78 is 119. The smallest absolute Gasteiger partial charge is 0.380 e. The Hall–Kier alpha value is -0.710. The summed E-state index contributed by atoms with van der Waals surface area (Å²) in [5.74, 6) is -5.88. The van der Waals surface area contributed by atoms with Gasteiger partial charge < -0.3 is 10.2 Å². The van der Waals surface area contributed by atoms with E-state index < -0.39 is 66.2 Å². The summed E-state index contributed by atoms with van der Waals surface area (Å²) >= 11 is 0. The molecule has 0 radical (unpaired) electrons. The minimum absolute atomic E-state index is 0.314. The first kappa shape index (κ1) is 24.3. The van der Waals surface area contributed by atoms with Crippen molar-refractivity contribution in [2.45, 2.75) is 76.2 Å². The Morgan fingerprint density at radius 2 is 1.19 bits per heavy atom. The monoisotopic (exact) mass is 418 g/mol. The topological polar surface area (TPSA) is 40.5 Å². The quantitative estimate of drug-likeness (QED) is 0.614. The molecule has 0 bridgehead atoms. The molecule has 2 N–H and O–H groups in total. The Labute approximate surface area is 150 Å². The SMILES string of the molecule is CCC(C)C1CC(C(C)(O)C(F)(F)F)CC(C(O)(C(F)(F)F)C(F)(F)F)C1. The van der Waals surface area contributed by atoms with E-state index in [0.717, 1.165) is 0 Å². The third-order valence-corrected chi connectivity index (χ3v) is 6.02. The normalized spacial score (nSPS) is 29.3. The van der Waals surface area contributed by atoms with Gasteiger partial charge in [0.15, 0.2) is 5.60 Å². The fourth-order valence-electron chi connectivity index (χ4n) is 3.82. The highest BCUT2D eigenvalue weighted by Gasteiger charge is 2.74. The summed E-state index contributed by atoms with van der Waals surface area (Å²) in [5.41, 5.74) is -8.62. The van der Waals surface area contributed by atoms with Crippen LogP contribution in [0.2, 0.25) is 0 Å². The van der Waals surface area contributed by atoms with E-state index in [1.807, 2.05) is 0 Å². The summed E-state index contributed by atoms with van der Waals surface area (Å²) in [4.78, 5) is 0. The molecule has 1 aliphatic carbocycles. The molecule has 1 rings (SSSR count). The number of halogens is 9. The lowest BCUT2D eigenvalue weighted by atomic mass is 9.61. The lowest BCUT2D eigenvalue weighted by molar-refractivity contribution is -0.391. The van der Waals surface area contributed by atoms with Crippen molar-refractivity contribution in [1.29, 1.82) is 0 Å². The van der Waals surface area contributed by atoms with Crippen LogP contribution in [-0.4, -0.2) is 39.9 Å².